The second-order valence-electron chi connectivity index (χ2n) is 7.71. The van der Waals surface area contributed by atoms with Crippen LogP contribution in [0.5, 0.6) is 0 Å². The molecule has 25 heavy (non-hydrogen) atoms. The molecule has 1 saturated carbocycles. The van der Waals surface area contributed by atoms with E-state index in [2.05, 4.69) is 48.7 Å². The number of aromatic nitrogens is 2. The summed E-state index contributed by atoms with van der Waals surface area (Å²) in [5.41, 5.74) is 2.91. The zero-order chi connectivity index (χ0) is 18.0. The second kappa shape index (κ2) is 6.78. The molecule has 1 fully saturated rings. The van der Waals surface area contributed by atoms with E-state index in [1.54, 1.807) is 0 Å². The van der Waals surface area contributed by atoms with Crippen molar-refractivity contribution in [1.82, 2.24) is 15.1 Å². The molecule has 6 nitrogen and oxygen atoms in total. The van der Waals surface area contributed by atoms with Crippen LogP contribution in [-0.2, 0) is 5.54 Å². The van der Waals surface area contributed by atoms with E-state index < -0.39 is 0 Å². The molecule has 0 aliphatic heterocycles. The fraction of sp³-hybridized carbons (Fsp3) is 0.474. The van der Waals surface area contributed by atoms with Crippen molar-refractivity contribution in [3.8, 4) is 0 Å². The Hall–Kier alpha value is -2.50. The summed E-state index contributed by atoms with van der Waals surface area (Å²) in [6, 6.07) is 8.29. The molecule has 3 N–H and O–H groups in total. The third-order valence-corrected chi connectivity index (χ3v) is 4.23. The topological polar surface area (TPSA) is 71.0 Å². The first kappa shape index (κ1) is 17.3. The Bertz CT molecular complexity index is 725. The molecular weight excluding hydrogens is 314 g/mol. The van der Waals surface area contributed by atoms with Crippen molar-refractivity contribution in [3.05, 3.63) is 42.2 Å². The van der Waals surface area contributed by atoms with Gasteiger partial charge in [0.2, 0.25) is 0 Å². The molecule has 1 atom stereocenters. The maximum Gasteiger partial charge on any atom is 0.319 e. The third kappa shape index (κ3) is 4.75. The second-order valence-corrected chi connectivity index (χ2v) is 7.71. The number of hydrogen-bond donors (Lipinski definition) is 3. The number of amides is 2. The van der Waals surface area contributed by atoms with Crippen LogP contribution in [0.1, 0.15) is 52.1 Å². The lowest BCUT2D eigenvalue weighted by molar-refractivity contribution is 0.251. The number of carbonyl (C=O) groups excluding carboxylic acids is 1. The Morgan fingerprint density at radius 2 is 1.88 bits per heavy atom. The van der Waals surface area contributed by atoms with E-state index in [1.807, 2.05) is 41.3 Å². The summed E-state index contributed by atoms with van der Waals surface area (Å²) in [4.78, 5) is 11.8. The molecule has 6 heteroatoms. The number of nitrogens with zero attached hydrogens (tertiary/aromatic N) is 2. The zero-order valence-electron chi connectivity index (χ0n) is 15.3. The maximum absolute atomic E-state index is 11.8. The highest BCUT2D eigenvalue weighted by molar-refractivity contribution is 5.89. The number of rotatable bonds is 5. The lowest BCUT2D eigenvalue weighted by atomic mass is 10.1. The van der Waals surface area contributed by atoms with Crippen molar-refractivity contribution in [2.24, 2.45) is 0 Å². The predicted molar refractivity (Wildman–Crippen MR) is 101 cm³/mol. The summed E-state index contributed by atoms with van der Waals surface area (Å²) in [6.07, 6.45) is 6.04. The highest BCUT2D eigenvalue weighted by Crippen LogP contribution is 2.23. The third-order valence-electron chi connectivity index (χ3n) is 4.23. The van der Waals surface area contributed by atoms with Crippen molar-refractivity contribution in [1.29, 1.82) is 0 Å². The van der Waals surface area contributed by atoms with Crippen molar-refractivity contribution in [3.63, 3.8) is 0 Å². The Labute approximate surface area is 149 Å². The number of urea groups is 1. The van der Waals surface area contributed by atoms with Crippen LogP contribution in [0.15, 0.2) is 36.7 Å². The van der Waals surface area contributed by atoms with Crippen LogP contribution in [0.4, 0.5) is 16.2 Å². The molecule has 0 bridgehead atoms. The molecule has 0 saturated heterocycles. The monoisotopic (exact) mass is 341 g/mol. The lowest BCUT2D eigenvalue weighted by Crippen LogP contribution is -2.30. The average Bonchev–Trinajstić information content (AvgIpc) is 3.21. The van der Waals surface area contributed by atoms with Gasteiger partial charge in [-0.1, -0.05) is 12.1 Å². The molecule has 1 aromatic carbocycles. The molecule has 1 aliphatic rings. The van der Waals surface area contributed by atoms with Crippen LogP contribution in [0.3, 0.4) is 0 Å². The van der Waals surface area contributed by atoms with Gasteiger partial charge in [-0.25, -0.2) is 4.79 Å². The molecule has 1 aromatic heterocycles. The molecule has 2 aromatic rings. The van der Waals surface area contributed by atoms with Crippen LogP contribution < -0.4 is 16.0 Å². The summed E-state index contributed by atoms with van der Waals surface area (Å²) in [5.74, 6) is 0. The Morgan fingerprint density at radius 3 is 2.44 bits per heavy atom. The van der Waals surface area contributed by atoms with Gasteiger partial charge in [-0.2, -0.15) is 5.10 Å². The van der Waals surface area contributed by atoms with Gasteiger partial charge in [-0.15, -0.1) is 0 Å². The number of benzene rings is 1. The molecule has 3 rings (SSSR count). The zero-order valence-corrected chi connectivity index (χ0v) is 15.3. The van der Waals surface area contributed by atoms with Gasteiger partial charge in [0.25, 0.3) is 0 Å². The smallest absolute Gasteiger partial charge is 0.319 e. The van der Waals surface area contributed by atoms with Gasteiger partial charge >= 0.3 is 6.03 Å². The first-order valence-corrected chi connectivity index (χ1v) is 8.80. The molecule has 0 unspecified atom stereocenters. The SMILES string of the molecule is C[C@@H](Nc1cnn(C(C)(C)C)c1)c1ccc(NC(=O)NC2CC2)cc1. The minimum absolute atomic E-state index is 0.0302. The van der Waals surface area contributed by atoms with E-state index in [1.165, 1.54) is 0 Å². The van der Waals surface area contributed by atoms with Gasteiger partial charge in [0, 0.05) is 24.0 Å². The van der Waals surface area contributed by atoms with Crippen LogP contribution in [0, 0.1) is 0 Å². The van der Waals surface area contributed by atoms with E-state index >= 15 is 0 Å². The summed E-state index contributed by atoms with van der Waals surface area (Å²) >= 11 is 0. The fourth-order valence-corrected chi connectivity index (χ4v) is 2.53. The van der Waals surface area contributed by atoms with Gasteiger partial charge in [0.05, 0.1) is 17.4 Å². The summed E-state index contributed by atoms with van der Waals surface area (Å²) < 4.78 is 1.95. The van der Waals surface area contributed by atoms with Crippen LogP contribution >= 0.6 is 0 Å². The van der Waals surface area contributed by atoms with Crippen molar-refractivity contribution in [2.45, 2.75) is 58.2 Å². The van der Waals surface area contributed by atoms with E-state index in [9.17, 15) is 4.79 Å². The highest BCUT2D eigenvalue weighted by Gasteiger charge is 2.23. The molecule has 0 radical (unpaired) electrons. The summed E-state index contributed by atoms with van der Waals surface area (Å²) in [7, 11) is 0. The molecule has 1 aliphatic carbocycles. The van der Waals surface area contributed by atoms with Crippen molar-refractivity contribution in [2.75, 3.05) is 10.6 Å². The normalized spacial score (nSPS) is 15.5. The van der Waals surface area contributed by atoms with Crippen LogP contribution in [0.2, 0.25) is 0 Å². The molecule has 2 amide bonds. The minimum atomic E-state index is -0.129. The number of hydrogen-bond acceptors (Lipinski definition) is 3. The number of nitrogens with one attached hydrogen (secondary N) is 3. The largest absolute Gasteiger partial charge is 0.376 e. The Balaban J connectivity index is 1.57. The molecular formula is C19H27N5O. The van der Waals surface area contributed by atoms with E-state index in [0.717, 1.165) is 29.8 Å². The van der Waals surface area contributed by atoms with Crippen molar-refractivity contribution < 1.29 is 4.79 Å². The Morgan fingerprint density at radius 1 is 1.20 bits per heavy atom. The number of anilines is 2. The van der Waals surface area contributed by atoms with Gasteiger partial charge in [0.15, 0.2) is 0 Å². The lowest BCUT2D eigenvalue weighted by Gasteiger charge is -2.19. The summed E-state index contributed by atoms with van der Waals surface area (Å²) in [6.45, 7) is 8.48. The molecule has 0 spiro atoms. The van der Waals surface area contributed by atoms with E-state index in [-0.39, 0.29) is 17.6 Å². The number of carbonyl (C=O) groups is 1. The Kier molecular flexibility index (Phi) is 4.70. The summed E-state index contributed by atoms with van der Waals surface area (Å²) in [5, 5.41) is 13.7. The van der Waals surface area contributed by atoms with Gasteiger partial charge in [-0.3, -0.25) is 4.68 Å². The first-order valence-electron chi connectivity index (χ1n) is 8.80. The molecule has 134 valence electrons. The minimum Gasteiger partial charge on any atom is -0.376 e. The van der Waals surface area contributed by atoms with Crippen LogP contribution in [-0.4, -0.2) is 21.9 Å². The van der Waals surface area contributed by atoms with Gasteiger partial charge in [-0.05, 0) is 58.2 Å². The standard InChI is InChI=1S/C19H27N5O/c1-13(21-17-11-20-24(12-17)19(2,3)4)14-5-7-15(8-6-14)22-18(25)23-16-9-10-16/h5-8,11-13,16,21H,9-10H2,1-4H3,(H2,22,23,25)/t13-/m1/s1. The average molecular weight is 341 g/mol. The van der Waals surface area contributed by atoms with Crippen LogP contribution in [0.25, 0.3) is 0 Å². The fourth-order valence-electron chi connectivity index (χ4n) is 2.53. The van der Waals surface area contributed by atoms with Gasteiger partial charge in [0.1, 0.15) is 0 Å². The predicted octanol–water partition coefficient (Wildman–Crippen LogP) is 4.10. The van der Waals surface area contributed by atoms with E-state index in [0.29, 0.717) is 6.04 Å². The first-order chi connectivity index (χ1) is 11.8. The molecule has 1 heterocycles. The quantitative estimate of drug-likeness (QED) is 0.767. The highest BCUT2D eigenvalue weighted by atomic mass is 16.2. The van der Waals surface area contributed by atoms with Crippen molar-refractivity contribution >= 4 is 17.4 Å². The maximum atomic E-state index is 11.8. The van der Waals surface area contributed by atoms with Gasteiger partial charge < -0.3 is 16.0 Å². The van der Waals surface area contributed by atoms with E-state index in [4.69, 9.17) is 0 Å².